The minimum Gasteiger partial charge on any atom is -0.393 e. The molecule has 2 nitrogen and oxygen atoms in total. The van der Waals surface area contributed by atoms with Crippen molar-refractivity contribution in [1.29, 1.82) is 0 Å². The molecule has 1 aromatic rings. The van der Waals surface area contributed by atoms with Crippen molar-refractivity contribution in [3.63, 3.8) is 0 Å². The highest BCUT2D eigenvalue weighted by molar-refractivity contribution is 5.25. The molecule has 3 atom stereocenters. The molecule has 112 valence electrons. The Labute approximate surface area is 123 Å². The number of nitrogens with zero attached hydrogens (tertiary/aromatic N) is 1. The van der Waals surface area contributed by atoms with Crippen LogP contribution in [0.25, 0.3) is 0 Å². The summed E-state index contributed by atoms with van der Waals surface area (Å²) in [7, 11) is 2.18. The maximum Gasteiger partial charge on any atom is 0.0580 e. The Bertz CT molecular complexity index is 418. The highest BCUT2D eigenvalue weighted by Gasteiger charge is 2.29. The SMILES string of the molecule is CCC1CCC(O)C(CN(C)Cc2ccccc2C)C1. The molecule has 1 fully saturated rings. The lowest BCUT2D eigenvalue weighted by atomic mass is 9.78. The molecule has 0 radical (unpaired) electrons. The van der Waals surface area contributed by atoms with E-state index in [9.17, 15) is 5.11 Å². The van der Waals surface area contributed by atoms with E-state index in [1.807, 2.05) is 0 Å². The molecular weight excluding hydrogens is 246 g/mol. The van der Waals surface area contributed by atoms with E-state index >= 15 is 0 Å². The first-order valence-electron chi connectivity index (χ1n) is 8.01. The topological polar surface area (TPSA) is 23.5 Å². The fourth-order valence-corrected chi connectivity index (χ4v) is 3.46. The number of rotatable bonds is 5. The smallest absolute Gasteiger partial charge is 0.0580 e. The van der Waals surface area contributed by atoms with E-state index in [0.29, 0.717) is 5.92 Å². The molecule has 2 heteroatoms. The summed E-state index contributed by atoms with van der Waals surface area (Å²) in [5, 5.41) is 10.2. The van der Waals surface area contributed by atoms with E-state index in [4.69, 9.17) is 0 Å². The minimum atomic E-state index is -0.0999. The van der Waals surface area contributed by atoms with Crippen molar-refractivity contribution < 1.29 is 5.11 Å². The summed E-state index contributed by atoms with van der Waals surface area (Å²) in [6.45, 7) is 6.43. The molecule has 0 aromatic heterocycles. The van der Waals surface area contributed by atoms with E-state index in [0.717, 1.165) is 25.4 Å². The van der Waals surface area contributed by atoms with Crippen molar-refractivity contribution in [2.24, 2.45) is 11.8 Å². The second-order valence-corrected chi connectivity index (χ2v) is 6.54. The van der Waals surface area contributed by atoms with Crippen molar-refractivity contribution in [3.8, 4) is 0 Å². The third kappa shape index (κ3) is 4.07. The van der Waals surface area contributed by atoms with Gasteiger partial charge in [-0.1, -0.05) is 37.6 Å². The summed E-state index contributed by atoms with van der Waals surface area (Å²) in [5.74, 6) is 1.26. The van der Waals surface area contributed by atoms with Crippen LogP contribution in [0.4, 0.5) is 0 Å². The first-order chi connectivity index (χ1) is 9.60. The maximum atomic E-state index is 10.2. The molecular formula is C18H29NO. The van der Waals surface area contributed by atoms with Crippen LogP contribution in [0, 0.1) is 18.8 Å². The normalized spacial score (nSPS) is 26.9. The molecule has 0 heterocycles. The number of aliphatic hydroxyl groups excluding tert-OH is 1. The first kappa shape index (κ1) is 15.5. The Morgan fingerprint density at radius 2 is 2.00 bits per heavy atom. The summed E-state index contributed by atoms with van der Waals surface area (Å²) in [4.78, 5) is 2.37. The van der Waals surface area contributed by atoms with Gasteiger partial charge in [0.2, 0.25) is 0 Å². The molecule has 0 spiro atoms. The number of benzene rings is 1. The molecule has 1 aromatic carbocycles. The van der Waals surface area contributed by atoms with Gasteiger partial charge in [-0.05, 0) is 56.2 Å². The average molecular weight is 275 g/mol. The summed E-state index contributed by atoms with van der Waals surface area (Å²) in [6.07, 6.45) is 4.54. The van der Waals surface area contributed by atoms with Crippen LogP contribution in [-0.4, -0.2) is 29.7 Å². The van der Waals surface area contributed by atoms with Crippen LogP contribution in [-0.2, 0) is 6.54 Å². The average Bonchev–Trinajstić information content (AvgIpc) is 2.44. The number of hydrogen-bond acceptors (Lipinski definition) is 2. The van der Waals surface area contributed by atoms with Gasteiger partial charge < -0.3 is 10.0 Å². The third-order valence-corrected chi connectivity index (χ3v) is 4.88. The van der Waals surface area contributed by atoms with Crippen molar-refractivity contribution >= 4 is 0 Å². The van der Waals surface area contributed by atoms with Crippen molar-refractivity contribution in [2.75, 3.05) is 13.6 Å². The van der Waals surface area contributed by atoms with E-state index in [1.165, 1.54) is 30.4 Å². The molecule has 1 saturated carbocycles. The van der Waals surface area contributed by atoms with Crippen LogP contribution in [0.2, 0.25) is 0 Å². The number of aryl methyl sites for hydroxylation is 1. The van der Waals surface area contributed by atoms with Crippen LogP contribution >= 0.6 is 0 Å². The Hall–Kier alpha value is -0.860. The van der Waals surface area contributed by atoms with Gasteiger partial charge in [-0.25, -0.2) is 0 Å². The van der Waals surface area contributed by atoms with Gasteiger partial charge in [0.25, 0.3) is 0 Å². The minimum absolute atomic E-state index is 0.0999. The zero-order valence-corrected chi connectivity index (χ0v) is 13.2. The predicted molar refractivity (Wildman–Crippen MR) is 84.6 cm³/mol. The summed E-state index contributed by atoms with van der Waals surface area (Å²) in [6, 6.07) is 8.58. The Morgan fingerprint density at radius 3 is 2.70 bits per heavy atom. The van der Waals surface area contributed by atoms with Crippen molar-refractivity contribution in [3.05, 3.63) is 35.4 Å². The van der Waals surface area contributed by atoms with Crippen LogP contribution in [0.1, 0.15) is 43.7 Å². The highest BCUT2D eigenvalue weighted by Crippen LogP contribution is 2.31. The monoisotopic (exact) mass is 275 g/mol. The first-order valence-corrected chi connectivity index (χ1v) is 8.01. The lowest BCUT2D eigenvalue weighted by Crippen LogP contribution is -2.37. The third-order valence-electron chi connectivity index (χ3n) is 4.88. The zero-order valence-electron chi connectivity index (χ0n) is 13.2. The van der Waals surface area contributed by atoms with E-state index in [1.54, 1.807) is 0 Å². The van der Waals surface area contributed by atoms with E-state index in [2.05, 4.69) is 50.1 Å². The van der Waals surface area contributed by atoms with Gasteiger partial charge >= 0.3 is 0 Å². The van der Waals surface area contributed by atoms with Gasteiger partial charge in [0.1, 0.15) is 0 Å². The van der Waals surface area contributed by atoms with Crippen LogP contribution in [0.5, 0.6) is 0 Å². The molecule has 1 aliphatic rings. The maximum absolute atomic E-state index is 10.2. The molecule has 0 saturated heterocycles. The molecule has 0 aliphatic heterocycles. The molecule has 0 bridgehead atoms. The van der Waals surface area contributed by atoms with Crippen LogP contribution in [0.15, 0.2) is 24.3 Å². The Kier molecular flexibility index (Phi) is 5.62. The highest BCUT2D eigenvalue weighted by atomic mass is 16.3. The van der Waals surface area contributed by atoms with Gasteiger partial charge in [0.05, 0.1) is 6.10 Å². The molecule has 20 heavy (non-hydrogen) atoms. The van der Waals surface area contributed by atoms with Crippen LogP contribution < -0.4 is 0 Å². The second kappa shape index (κ2) is 7.24. The molecule has 0 amide bonds. The van der Waals surface area contributed by atoms with Gasteiger partial charge in [-0.2, -0.15) is 0 Å². The van der Waals surface area contributed by atoms with Gasteiger partial charge in [-0.3, -0.25) is 0 Å². The van der Waals surface area contributed by atoms with E-state index < -0.39 is 0 Å². The van der Waals surface area contributed by atoms with Crippen molar-refractivity contribution in [2.45, 2.75) is 52.2 Å². The van der Waals surface area contributed by atoms with Gasteiger partial charge in [0.15, 0.2) is 0 Å². The Balaban J connectivity index is 1.90. The summed E-state index contributed by atoms with van der Waals surface area (Å²) >= 11 is 0. The lowest BCUT2D eigenvalue weighted by Gasteiger charge is -2.35. The molecule has 1 N–H and O–H groups in total. The zero-order chi connectivity index (χ0) is 14.5. The fourth-order valence-electron chi connectivity index (χ4n) is 3.46. The summed E-state index contributed by atoms with van der Waals surface area (Å²) in [5.41, 5.74) is 2.75. The summed E-state index contributed by atoms with van der Waals surface area (Å²) < 4.78 is 0. The van der Waals surface area contributed by atoms with Gasteiger partial charge in [-0.15, -0.1) is 0 Å². The molecule has 2 rings (SSSR count). The largest absolute Gasteiger partial charge is 0.393 e. The fraction of sp³-hybridized carbons (Fsp3) is 0.667. The Morgan fingerprint density at radius 1 is 1.25 bits per heavy atom. The second-order valence-electron chi connectivity index (χ2n) is 6.54. The number of hydrogen-bond donors (Lipinski definition) is 1. The predicted octanol–water partition coefficient (Wildman–Crippen LogP) is 3.61. The van der Waals surface area contributed by atoms with E-state index in [-0.39, 0.29) is 6.10 Å². The molecule has 3 unspecified atom stereocenters. The number of aliphatic hydroxyl groups is 1. The van der Waals surface area contributed by atoms with Gasteiger partial charge in [0, 0.05) is 13.1 Å². The van der Waals surface area contributed by atoms with Crippen LogP contribution in [0.3, 0.4) is 0 Å². The standard InChI is InChI=1S/C18H29NO/c1-4-15-9-10-18(20)17(11-15)13-19(3)12-16-8-6-5-7-14(16)2/h5-8,15,17-18,20H,4,9-13H2,1-3H3. The lowest BCUT2D eigenvalue weighted by molar-refractivity contribution is 0.0298. The molecule has 1 aliphatic carbocycles. The quantitative estimate of drug-likeness (QED) is 0.887. The van der Waals surface area contributed by atoms with Crippen molar-refractivity contribution in [1.82, 2.24) is 4.90 Å².